The Balaban J connectivity index is 2.84. The Morgan fingerprint density at radius 3 is 2.29 bits per heavy atom. The van der Waals surface area contributed by atoms with Crippen LogP contribution < -0.4 is 4.90 Å². The van der Waals surface area contributed by atoms with E-state index in [0.29, 0.717) is 6.04 Å². The molecule has 0 fully saturated rings. The summed E-state index contributed by atoms with van der Waals surface area (Å²) in [7, 11) is 0. The zero-order valence-corrected chi connectivity index (χ0v) is 10.5. The average Bonchev–Trinajstić information content (AvgIpc) is 2.19. The highest BCUT2D eigenvalue weighted by molar-refractivity contribution is 9.08. The van der Waals surface area contributed by atoms with Gasteiger partial charge in [0.25, 0.3) is 0 Å². The topological polar surface area (TPSA) is 29.0 Å². The quantitative estimate of drug-likeness (QED) is 0.777. The van der Waals surface area contributed by atoms with Gasteiger partial charge in [-0.15, -0.1) is 0 Å². The average molecular weight is 258 g/mol. The van der Waals surface area contributed by atoms with E-state index in [9.17, 15) is 0 Å². The molecule has 0 atom stereocenters. The van der Waals surface area contributed by atoms with Gasteiger partial charge in [-0.05, 0) is 26.3 Å². The van der Waals surface area contributed by atoms with Crippen molar-refractivity contribution in [3.8, 4) is 0 Å². The predicted octanol–water partition coefficient (Wildman–Crippen LogP) is 2.61. The van der Waals surface area contributed by atoms with E-state index in [4.69, 9.17) is 0 Å². The third-order valence-electron chi connectivity index (χ3n) is 2.07. The van der Waals surface area contributed by atoms with Crippen LogP contribution in [0.15, 0.2) is 12.4 Å². The molecule has 0 aromatic carbocycles. The molecule has 0 saturated carbocycles. The van der Waals surface area contributed by atoms with Crippen LogP contribution in [0.25, 0.3) is 0 Å². The second-order valence-electron chi connectivity index (χ2n) is 3.40. The minimum absolute atomic E-state index is 0.440. The van der Waals surface area contributed by atoms with Gasteiger partial charge in [-0.25, -0.2) is 9.97 Å². The lowest BCUT2D eigenvalue weighted by atomic mass is 10.3. The number of nitrogens with zero attached hydrogens (tertiary/aromatic N) is 3. The first-order chi connectivity index (χ1) is 6.69. The summed E-state index contributed by atoms with van der Waals surface area (Å²) in [5.74, 6) is 0.812. The van der Waals surface area contributed by atoms with Crippen molar-refractivity contribution in [3.63, 3.8) is 0 Å². The lowest BCUT2D eigenvalue weighted by molar-refractivity contribution is 0.680. The van der Waals surface area contributed by atoms with Crippen molar-refractivity contribution in [2.45, 2.75) is 32.1 Å². The largest absolute Gasteiger partial charge is 0.339 e. The Hall–Kier alpha value is -0.640. The zero-order valence-electron chi connectivity index (χ0n) is 8.87. The Bertz CT molecular complexity index is 271. The van der Waals surface area contributed by atoms with E-state index in [1.165, 1.54) is 0 Å². The third-order valence-corrected chi connectivity index (χ3v) is 2.71. The standard InChI is InChI=1S/C10H16BrN3/c1-4-14(8(2)3)10-12-6-9(5-11)7-13-10/h6-8H,4-5H2,1-3H3. The van der Waals surface area contributed by atoms with Gasteiger partial charge in [-0.3, -0.25) is 0 Å². The molecule has 0 unspecified atom stereocenters. The number of alkyl halides is 1. The van der Waals surface area contributed by atoms with E-state index in [1.807, 2.05) is 12.4 Å². The van der Waals surface area contributed by atoms with Gasteiger partial charge in [0.05, 0.1) is 0 Å². The van der Waals surface area contributed by atoms with E-state index in [1.54, 1.807) is 0 Å². The van der Waals surface area contributed by atoms with Crippen LogP contribution in [-0.4, -0.2) is 22.6 Å². The Morgan fingerprint density at radius 1 is 1.36 bits per heavy atom. The van der Waals surface area contributed by atoms with Gasteiger partial charge >= 0.3 is 0 Å². The summed E-state index contributed by atoms with van der Waals surface area (Å²) in [5.41, 5.74) is 1.11. The SMILES string of the molecule is CCN(c1ncc(CBr)cn1)C(C)C. The molecule has 0 aliphatic rings. The molecule has 1 aromatic heterocycles. The molecule has 0 radical (unpaired) electrons. The van der Waals surface area contributed by atoms with E-state index >= 15 is 0 Å². The molecule has 14 heavy (non-hydrogen) atoms. The van der Waals surface area contributed by atoms with E-state index in [0.717, 1.165) is 23.4 Å². The maximum atomic E-state index is 4.33. The van der Waals surface area contributed by atoms with Gasteiger partial charge in [0.2, 0.25) is 5.95 Å². The molecule has 0 spiro atoms. The van der Waals surface area contributed by atoms with E-state index in [2.05, 4.69) is 51.6 Å². The summed E-state index contributed by atoms with van der Waals surface area (Å²) in [6.45, 7) is 7.34. The van der Waals surface area contributed by atoms with Crippen molar-refractivity contribution >= 4 is 21.9 Å². The van der Waals surface area contributed by atoms with Crippen molar-refractivity contribution in [2.75, 3.05) is 11.4 Å². The first-order valence-electron chi connectivity index (χ1n) is 4.82. The van der Waals surface area contributed by atoms with E-state index in [-0.39, 0.29) is 0 Å². The first-order valence-corrected chi connectivity index (χ1v) is 5.94. The lowest BCUT2D eigenvalue weighted by Gasteiger charge is -2.24. The molecule has 4 heteroatoms. The molecule has 0 saturated heterocycles. The van der Waals surface area contributed by atoms with Crippen LogP contribution in [0.2, 0.25) is 0 Å². The summed E-state index contributed by atoms with van der Waals surface area (Å²) < 4.78 is 0. The van der Waals surface area contributed by atoms with Crippen LogP contribution in [0.1, 0.15) is 26.3 Å². The van der Waals surface area contributed by atoms with Gasteiger partial charge in [0.1, 0.15) is 0 Å². The highest BCUT2D eigenvalue weighted by atomic mass is 79.9. The number of hydrogen-bond acceptors (Lipinski definition) is 3. The van der Waals surface area contributed by atoms with Crippen LogP contribution in [0.4, 0.5) is 5.95 Å². The highest BCUT2D eigenvalue weighted by Crippen LogP contribution is 2.11. The monoisotopic (exact) mass is 257 g/mol. The fourth-order valence-corrected chi connectivity index (χ4v) is 1.59. The van der Waals surface area contributed by atoms with Crippen molar-refractivity contribution < 1.29 is 0 Å². The fraction of sp³-hybridized carbons (Fsp3) is 0.600. The molecule has 1 rings (SSSR count). The maximum Gasteiger partial charge on any atom is 0.225 e. The van der Waals surface area contributed by atoms with Gasteiger partial charge in [0.15, 0.2) is 0 Å². The molecule has 0 aliphatic carbocycles. The summed E-state index contributed by atoms with van der Waals surface area (Å²) in [5, 5.41) is 0.807. The summed E-state index contributed by atoms with van der Waals surface area (Å²) in [6, 6.07) is 0.440. The molecular weight excluding hydrogens is 242 g/mol. The Labute approximate surface area is 93.7 Å². The summed E-state index contributed by atoms with van der Waals surface area (Å²) in [6.07, 6.45) is 3.73. The molecule has 0 N–H and O–H groups in total. The highest BCUT2D eigenvalue weighted by Gasteiger charge is 2.10. The molecule has 1 heterocycles. The fourth-order valence-electron chi connectivity index (χ4n) is 1.30. The molecule has 3 nitrogen and oxygen atoms in total. The molecule has 0 bridgehead atoms. The lowest BCUT2D eigenvalue weighted by Crippen LogP contribution is -2.31. The summed E-state index contributed by atoms with van der Waals surface area (Å²) >= 11 is 3.37. The van der Waals surface area contributed by atoms with Gasteiger partial charge in [-0.2, -0.15) is 0 Å². The minimum atomic E-state index is 0.440. The number of hydrogen-bond donors (Lipinski definition) is 0. The first kappa shape index (κ1) is 11.4. The molecule has 0 aliphatic heterocycles. The Kier molecular flexibility index (Phi) is 4.32. The number of aromatic nitrogens is 2. The van der Waals surface area contributed by atoms with Crippen molar-refractivity contribution in [1.29, 1.82) is 0 Å². The van der Waals surface area contributed by atoms with Crippen molar-refractivity contribution in [1.82, 2.24) is 9.97 Å². The van der Waals surface area contributed by atoms with Gasteiger partial charge < -0.3 is 4.90 Å². The van der Waals surface area contributed by atoms with E-state index < -0.39 is 0 Å². The van der Waals surface area contributed by atoms with Crippen molar-refractivity contribution in [3.05, 3.63) is 18.0 Å². The van der Waals surface area contributed by atoms with Crippen LogP contribution in [0, 0.1) is 0 Å². The number of halogens is 1. The third kappa shape index (κ3) is 2.67. The molecular formula is C10H16BrN3. The predicted molar refractivity (Wildman–Crippen MR) is 62.8 cm³/mol. The van der Waals surface area contributed by atoms with Crippen LogP contribution >= 0.6 is 15.9 Å². The van der Waals surface area contributed by atoms with Gasteiger partial charge in [-0.1, -0.05) is 15.9 Å². The second kappa shape index (κ2) is 5.29. The molecule has 78 valence electrons. The van der Waals surface area contributed by atoms with Crippen LogP contribution in [-0.2, 0) is 5.33 Å². The smallest absolute Gasteiger partial charge is 0.225 e. The van der Waals surface area contributed by atoms with Crippen molar-refractivity contribution in [2.24, 2.45) is 0 Å². The molecule has 1 aromatic rings. The number of rotatable bonds is 4. The van der Waals surface area contributed by atoms with Crippen LogP contribution in [0.3, 0.4) is 0 Å². The Morgan fingerprint density at radius 2 is 1.93 bits per heavy atom. The van der Waals surface area contributed by atoms with Crippen LogP contribution in [0.5, 0.6) is 0 Å². The maximum absolute atomic E-state index is 4.33. The normalized spacial score (nSPS) is 10.6. The summed E-state index contributed by atoms with van der Waals surface area (Å²) in [4.78, 5) is 10.8. The van der Waals surface area contributed by atoms with Gasteiger partial charge in [0, 0.05) is 30.3 Å². The second-order valence-corrected chi connectivity index (χ2v) is 3.97. The molecule has 0 amide bonds. The zero-order chi connectivity index (χ0) is 10.6. The number of anilines is 1. The minimum Gasteiger partial charge on any atom is -0.339 e.